The number of ether oxygens (including phenoxy) is 1. The molecule has 4 aromatic rings. The van der Waals surface area contributed by atoms with Crippen LogP contribution in [-0.2, 0) is 6.61 Å². The van der Waals surface area contributed by atoms with Gasteiger partial charge in [0.15, 0.2) is 0 Å². The van der Waals surface area contributed by atoms with Crippen molar-refractivity contribution in [3.05, 3.63) is 95.4 Å². The van der Waals surface area contributed by atoms with Crippen LogP contribution in [0.2, 0.25) is 0 Å². The fourth-order valence-electron chi connectivity index (χ4n) is 3.07. The van der Waals surface area contributed by atoms with Gasteiger partial charge in [-0.1, -0.05) is 24.3 Å². The van der Waals surface area contributed by atoms with Gasteiger partial charge in [0.1, 0.15) is 18.0 Å². The molecule has 0 spiro atoms. The lowest BCUT2D eigenvalue weighted by Crippen LogP contribution is -2.13. The number of rotatable bonds is 5. The van der Waals surface area contributed by atoms with E-state index in [4.69, 9.17) is 4.74 Å². The second-order valence-corrected chi connectivity index (χ2v) is 6.72. The summed E-state index contributed by atoms with van der Waals surface area (Å²) in [5, 5.41) is 2.95. The molecule has 1 amide bonds. The molecule has 140 valence electrons. The minimum Gasteiger partial charge on any atom is -0.487 e. The van der Waals surface area contributed by atoms with Crippen LogP contribution in [0.3, 0.4) is 0 Å². The van der Waals surface area contributed by atoms with Gasteiger partial charge in [0.2, 0.25) is 0 Å². The number of hydrogen-bond donors (Lipinski definition) is 1. The molecule has 0 aliphatic heterocycles. The SMILES string of the molecule is Cc1cccc(C(=O)Nc2cccc(OCc3cn4ccccc4n3)c2)c1C. The Morgan fingerprint density at radius 3 is 2.79 bits per heavy atom. The second-order valence-electron chi connectivity index (χ2n) is 6.72. The highest BCUT2D eigenvalue weighted by Gasteiger charge is 2.11. The molecule has 0 fully saturated rings. The summed E-state index contributed by atoms with van der Waals surface area (Å²) in [6.07, 6.45) is 3.90. The number of nitrogens with zero attached hydrogens (tertiary/aromatic N) is 2. The number of aromatic nitrogens is 2. The van der Waals surface area contributed by atoms with E-state index in [1.807, 2.05) is 91.3 Å². The normalized spacial score (nSPS) is 10.8. The first-order valence-corrected chi connectivity index (χ1v) is 9.13. The van der Waals surface area contributed by atoms with Crippen LogP contribution < -0.4 is 10.1 Å². The number of hydrogen-bond acceptors (Lipinski definition) is 3. The maximum Gasteiger partial charge on any atom is 0.255 e. The molecule has 2 aromatic carbocycles. The second kappa shape index (κ2) is 7.56. The fraction of sp³-hybridized carbons (Fsp3) is 0.130. The Morgan fingerprint density at radius 1 is 1.07 bits per heavy atom. The maximum atomic E-state index is 12.6. The van der Waals surface area contributed by atoms with Crippen LogP contribution in [0.4, 0.5) is 5.69 Å². The number of pyridine rings is 1. The van der Waals surface area contributed by atoms with E-state index in [1.165, 1.54) is 0 Å². The van der Waals surface area contributed by atoms with Crippen LogP contribution >= 0.6 is 0 Å². The van der Waals surface area contributed by atoms with Crippen molar-refractivity contribution < 1.29 is 9.53 Å². The first-order valence-electron chi connectivity index (χ1n) is 9.13. The Morgan fingerprint density at radius 2 is 1.93 bits per heavy atom. The molecule has 5 nitrogen and oxygen atoms in total. The van der Waals surface area contributed by atoms with Gasteiger partial charge >= 0.3 is 0 Å². The molecule has 0 saturated carbocycles. The number of benzene rings is 2. The largest absolute Gasteiger partial charge is 0.487 e. The minimum absolute atomic E-state index is 0.126. The summed E-state index contributed by atoms with van der Waals surface area (Å²) in [4.78, 5) is 17.1. The third-order valence-electron chi connectivity index (χ3n) is 4.74. The van der Waals surface area contributed by atoms with E-state index in [-0.39, 0.29) is 5.91 Å². The number of imidazole rings is 1. The number of anilines is 1. The first kappa shape index (κ1) is 17.8. The molecule has 2 heterocycles. The molecule has 0 bridgehead atoms. The highest BCUT2D eigenvalue weighted by Crippen LogP contribution is 2.20. The van der Waals surface area contributed by atoms with Crippen LogP contribution in [0.5, 0.6) is 5.75 Å². The summed E-state index contributed by atoms with van der Waals surface area (Å²) in [7, 11) is 0. The lowest BCUT2D eigenvalue weighted by Gasteiger charge is -2.11. The van der Waals surface area contributed by atoms with Crippen molar-refractivity contribution in [3.63, 3.8) is 0 Å². The predicted octanol–water partition coefficient (Wildman–Crippen LogP) is 4.78. The molecule has 0 saturated heterocycles. The van der Waals surface area contributed by atoms with Gasteiger partial charge in [-0.3, -0.25) is 4.79 Å². The molecule has 4 rings (SSSR count). The maximum absolute atomic E-state index is 12.6. The van der Waals surface area contributed by atoms with Gasteiger partial charge in [-0.2, -0.15) is 0 Å². The van der Waals surface area contributed by atoms with E-state index < -0.39 is 0 Å². The van der Waals surface area contributed by atoms with Crippen LogP contribution in [0, 0.1) is 13.8 Å². The number of amides is 1. The lowest BCUT2D eigenvalue weighted by atomic mass is 10.0. The average Bonchev–Trinajstić information content (AvgIpc) is 3.12. The van der Waals surface area contributed by atoms with Gasteiger partial charge in [0.05, 0.1) is 5.69 Å². The number of aryl methyl sites for hydroxylation is 1. The zero-order chi connectivity index (χ0) is 19.5. The zero-order valence-electron chi connectivity index (χ0n) is 15.8. The number of carbonyl (C=O) groups is 1. The van der Waals surface area contributed by atoms with Gasteiger partial charge in [-0.15, -0.1) is 0 Å². The van der Waals surface area contributed by atoms with Crippen LogP contribution in [0.1, 0.15) is 27.2 Å². The quantitative estimate of drug-likeness (QED) is 0.549. The van der Waals surface area contributed by atoms with Crippen molar-refractivity contribution in [1.29, 1.82) is 0 Å². The van der Waals surface area contributed by atoms with E-state index in [9.17, 15) is 4.79 Å². The van der Waals surface area contributed by atoms with Crippen molar-refractivity contribution in [1.82, 2.24) is 9.38 Å². The fourth-order valence-corrected chi connectivity index (χ4v) is 3.07. The third-order valence-corrected chi connectivity index (χ3v) is 4.74. The van der Waals surface area contributed by atoms with E-state index in [2.05, 4.69) is 10.3 Å². The molecule has 0 atom stereocenters. The van der Waals surface area contributed by atoms with Crippen molar-refractivity contribution in [2.45, 2.75) is 20.5 Å². The summed E-state index contributed by atoms with van der Waals surface area (Å²) in [5.41, 5.74) is 5.18. The molecular weight excluding hydrogens is 350 g/mol. The minimum atomic E-state index is -0.126. The number of carbonyl (C=O) groups excluding carboxylic acids is 1. The highest BCUT2D eigenvalue weighted by molar-refractivity contribution is 6.05. The Bertz CT molecular complexity index is 1110. The Hall–Kier alpha value is -3.60. The molecule has 0 aliphatic rings. The van der Waals surface area contributed by atoms with Crippen LogP contribution in [-0.4, -0.2) is 15.3 Å². The van der Waals surface area contributed by atoms with Gasteiger partial charge in [-0.25, -0.2) is 4.98 Å². The third kappa shape index (κ3) is 3.74. The molecular formula is C23H21N3O2. The Balaban J connectivity index is 1.45. The van der Waals surface area contributed by atoms with Crippen molar-refractivity contribution in [3.8, 4) is 5.75 Å². The zero-order valence-corrected chi connectivity index (χ0v) is 15.8. The number of nitrogens with one attached hydrogen (secondary N) is 1. The highest BCUT2D eigenvalue weighted by atomic mass is 16.5. The summed E-state index contributed by atoms with van der Waals surface area (Å²) in [5.74, 6) is 0.550. The summed E-state index contributed by atoms with van der Waals surface area (Å²) in [6.45, 7) is 4.31. The molecule has 5 heteroatoms. The van der Waals surface area contributed by atoms with E-state index >= 15 is 0 Å². The molecule has 0 aliphatic carbocycles. The Kier molecular flexibility index (Phi) is 4.81. The molecule has 1 N–H and O–H groups in total. The van der Waals surface area contributed by atoms with Crippen molar-refractivity contribution in [2.75, 3.05) is 5.32 Å². The van der Waals surface area contributed by atoms with E-state index in [0.717, 1.165) is 22.5 Å². The van der Waals surface area contributed by atoms with Gasteiger partial charge in [0, 0.05) is 29.7 Å². The van der Waals surface area contributed by atoms with Gasteiger partial charge in [0.25, 0.3) is 5.91 Å². The summed E-state index contributed by atoms with van der Waals surface area (Å²) >= 11 is 0. The monoisotopic (exact) mass is 371 g/mol. The topological polar surface area (TPSA) is 55.6 Å². The van der Waals surface area contributed by atoms with Crippen LogP contribution in [0.15, 0.2) is 73.1 Å². The summed E-state index contributed by atoms with van der Waals surface area (Å²) < 4.78 is 7.82. The van der Waals surface area contributed by atoms with E-state index in [1.54, 1.807) is 0 Å². The summed E-state index contributed by atoms with van der Waals surface area (Å²) in [6, 6.07) is 19.0. The molecule has 0 unspecified atom stereocenters. The smallest absolute Gasteiger partial charge is 0.255 e. The van der Waals surface area contributed by atoms with Crippen LogP contribution in [0.25, 0.3) is 5.65 Å². The molecule has 0 radical (unpaired) electrons. The lowest BCUT2D eigenvalue weighted by molar-refractivity contribution is 0.102. The molecule has 28 heavy (non-hydrogen) atoms. The average molecular weight is 371 g/mol. The van der Waals surface area contributed by atoms with Gasteiger partial charge < -0.3 is 14.5 Å². The van der Waals surface area contributed by atoms with Gasteiger partial charge in [-0.05, 0) is 55.3 Å². The first-order chi connectivity index (χ1) is 13.6. The predicted molar refractivity (Wildman–Crippen MR) is 110 cm³/mol. The Labute approximate surface area is 163 Å². The molecule has 2 aromatic heterocycles. The van der Waals surface area contributed by atoms with Crippen molar-refractivity contribution >= 4 is 17.2 Å². The standard InChI is InChI=1S/C23H21N3O2/c1-16-7-5-10-21(17(16)2)23(27)25-18-8-6-9-20(13-18)28-15-19-14-26-12-4-3-11-22(26)24-19/h3-14H,15H2,1-2H3,(H,25,27). The van der Waals surface area contributed by atoms with E-state index in [0.29, 0.717) is 23.6 Å². The number of fused-ring (bicyclic) bond motifs is 1. The van der Waals surface area contributed by atoms with Crippen molar-refractivity contribution in [2.24, 2.45) is 0 Å².